The van der Waals surface area contributed by atoms with Gasteiger partial charge in [0.15, 0.2) is 0 Å². The molecule has 2 nitrogen and oxygen atoms in total. The first-order valence-corrected chi connectivity index (χ1v) is 6.95. The predicted molar refractivity (Wildman–Crippen MR) is 86.2 cm³/mol. The van der Waals surface area contributed by atoms with E-state index in [9.17, 15) is 9.18 Å². The molecule has 0 atom stereocenters. The van der Waals surface area contributed by atoms with E-state index >= 15 is 0 Å². The summed E-state index contributed by atoms with van der Waals surface area (Å²) < 4.78 is 13.8. The van der Waals surface area contributed by atoms with Gasteiger partial charge in [-0.25, -0.2) is 4.39 Å². The zero-order valence-electron chi connectivity index (χ0n) is 11.8. The number of hydrogen-bond donors (Lipinski definition) is 1. The van der Waals surface area contributed by atoms with Gasteiger partial charge in [-0.15, -0.1) is 0 Å². The van der Waals surface area contributed by atoms with Gasteiger partial charge < -0.3 is 5.32 Å². The van der Waals surface area contributed by atoms with Crippen LogP contribution in [-0.4, -0.2) is 5.91 Å². The van der Waals surface area contributed by atoms with E-state index in [1.807, 2.05) is 48.5 Å². The second-order valence-electron chi connectivity index (χ2n) is 4.91. The number of carbonyl (C=O) groups is 1. The molecule has 0 aromatic heterocycles. The van der Waals surface area contributed by atoms with Crippen LogP contribution in [0.5, 0.6) is 0 Å². The first-order valence-electron chi connectivity index (χ1n) is 6.95. The zero-order chi connectivity index (χ0) is 15.4. The molecule has 1 amide bonds. The number of benzene rings is 3. The summed E-state index contributed by atoms with van der Waals surface area (Å²) in [6.07, 6.45) is 0. The number of halogens is 1. The van der Waals surface area contributed by atoms with Gasteiger partial charge in [0.25, 0.3) is 5.91 Å². The summed E-state index contributed by atoms with van der Waals surface area (Å²) in [6, 6.07) is 22.9. The molecular weight excluding hydrogens is 277 g/mol. The van der Waals surface area contributed by atoms with Crippen molar-refractivity contribution in [2.24, 2.45) is 0 Å². The van der Waals surface area contributed by atoms with Crippen LogP contribution in [0, 0.1) is 5.82 Å². The van der Waals surface area contributed by atoms with Crippen molar-refractivity contribution in [3.8, 4) is 11.1 Å². The monoisotopic (exact) mass is 291 g/mol. The molecule has 0 aliphatic heterocycles. The first-order chi connectivity index (χ1) is 10.7. The Morgan fingerprint density at radius 1 is 0.773 bits per heavy atom. The van der Waals surface area contributed by atoms with Crippen LogP contribution in [0.15, 0.2) is 78.9 Å². The highest BCUT2D eigenvalue weighted by Gasteiger charge is 2.10. The van der Waals surface area contributed by atoms with Crippen molar-refractivity contribution in [1.82, 2.24) is 0 Å². The van der Waals surface area contributed by atoms with Gasteiger partial charge in [-0.2, -0.15) is 0 Å². The van der Waals surface area contributed by atoms with Crippen molar-refractivity contribution in [1.29, 1.82) is 0 Å². The van der Waals surface area contributed by atoms with Gasteiger partial charge in [0.1, 0.15) is 5.82 Å². The van der Waals surface area contributed by atoms with E-state index < -0.39 is 5.82 Å². The van der Waals surface area contributed by atoms with E-state index in [-0.39, 0.29) is 5.91 Å². The molecule has 0 heterocycles. The SMILES string of the molecule is O=C(Nc1ccccc1)c1cc(F)cc(-c2ccccc2)c1. The van der Waals surface area contributed by atoms with Crippen LogP contribution in [0.3, 0.4) is 0 Å². The third-order valence-corrected chi connectivity index (χ3v) is 3.30. The molecule has 22 heavy (non-hydrogen) atoms. The topological polar surface area (TPSA) is 29.1 Å². The van der Waals surface area contributed by atoms with Gasteiger partial charge in [0.05, 0.1) is 0 Å². The van der Waals surface area contributed by atoms with E-state index in [0.717, 1.165) is 5.56 Å². The van der Waals surface area contributed by atoms with Crippen LogP contribution < -0.4 is 5.32 Å². The molecule has 0 spiro atoms. The maximum absolute atomic E-state index is 13.8. The fraction of sp³-hybridized carbons (Fsp3) is 0. The smallest absolute Gasteiger partial charge is 0.255 e. The van der Waals surface area contributed by atoms with Crippen LogP contribution in [0.4, 0.5) is 10.1 Å². The highest BCUT2D eigenvalue weighted by molar-refractivity contribution is 6.05. The number of amides is 1. The fourth-order valence-electron chi connectivity index (χ4n) is 2.24. The summed E-state index contributed by atoms with van der Waals surface area (Å²) in [4.78, 5) is 12.3. The lowest BCUT2D eigenvalue weighted by molar-refractivity contribution is 0.102. The molecule has 3 heteroatoms. The maximum atomic E-state index is 13.8. The van der Waals surface area contributed by atoms with Crippen LogP contribution in [0.2, 0.25) is 0 Å². The number of anilines is 1. The number of rotatable bonds is 3. The third kappa shape index (κ3) is 3.20. The Labute approximate surface area is 128 Å². The Bertz CT molecular complexity index is 785. The van der Waals surface area contributed by atoms with Crippen molar-refractivity contribution in [3.05, 3.63) is 90.2 Å². The number of nitrogens with one attached hydrogen (secondary N) is 1. The van der Waals surface area contributed by atoms with E-state index in [2.05, 4.69) is 5.32 Å². The standard InChI is InChI=1S/C19H14FNO/c20-17-12-15(14-7-3-1-4-8-14)11-16(13-17)19(22)21-18-9-5-2-6-10-18/h1-13H,(H,21,22). The van der Waals surface area contributed by atoms with Crippen molar-refractivity contribution in [2.75, 3.05) is 5.32 Å². The molecular formula is C19H14FNO. The fourth-order valence-corrected chi connectivity index (χ4v) is 2.24. The molecule has 3 aromatic rings. The van der Waals surface area contributed by atoms with Crippen molar-refractivity contribution in [2.45, 2.75) is 0 Å². The van der Waals surface area contributed by atoms with Gasteiger partial charge in [0.2, 0.25) is 0 Å². The summed E-state index contributed by atoms with van der Waals surface area (Å²) in [5.41, 5.74) is 2.52. The molecule has 0 aliphatic rings. The van der Waals surface area contributed by atoms with Gasteiger partial charge in [-0.1, -0.05) is 48.5 Å². The molecule has 108 valence electrons. The van der Waals surface area contributed by atoms with Crippen LogP contribution in [-0.2, 0) is 0 Å². The maximum Gasteiger partial charge on any atom is 0.255 e. The predicted octanol–water partition coefficient (Wildman–Crippen LogP) is 4.75. The van der Waals surface area contributed by atoms with Gasteiger partial charge >= 0.3 is 0 Å². The molecule has 1 N–H and O–H groups in total. The van der Waals surface area contributed by atoms with Gasteiger partial charge in [-0.3, -0.25) is 4.79 Å². The third-order valence-electron chi connectivity index (χ3n) is 3.30. The lowest BCUT2D eigenvalue weighted by Crippen LogP contribution is -2.12. The van der Waals surface area contributed by atoms with E-state index in [1.165, 1.54) is 12.1 Å². The Hall–Kier alpha value is -2.94. The normalized spacial score (nSPS) is 10.2. The van der Waals surface area contributed by atoms with Gasteiger partial charge in [-0.05, 0) is 41.5 Å². The highest BCUT2D eigenvalue weighted by atomic mass is 19.1. The summed E-state index contributed by atoms with van der Waals surface area (Å²) >= 11 is 0. The number of carbonyl (C=O) groups excluding carboxylic acids is 1. The zero-order valence-corrected chi connectivity index (χ0v) is 11.8. The number of hydrogen-bond acceptors (Lipinski definition) is 1. The average molecular weight is 291 g/mol. The van der Waals surface area contributed by atoms with Crippen molar-refractivity contribution < 1.29 is 9.18 Å². The average Bonchev–Trinajstić information content (AvgIpc) is 2.56. The Balaban J connectivity index is 1.91. The molecule has 0 unspecified atom stereocenters. The summed E-state index contributed by atoms with van der Waals surface area (Å²) in [5, 5.41) is 2.76. The lowest BCUT2D eigenvalue weighted by atomic mass is 10.0. The van der Waals surface area contributed by atoms with Crippen molar-refractivity contribution in [3.63, 3.8) is 0 Å². The summed E-state index contributed by atoms with van der Waals surface area (Å²) in [7, 11) is 0. The van der Waals surface area contributed by atoms with Crippen LogP contribution in [0.1, 0.15) is 10.4 Å². The molecule has 0 radical (unpaired) electrons. The number of para-hydroxylation sites is 1. The Morgan fingerprint density at radius 2 is 1.41 bits per heavy atom. The van der Waals surface area contributed by atoms with Crippen molar-refractivity contribution >= 4 is 11.6 Å². The summed E-state index contributed by atoms with van der Waals surface area (Å²) in [5.74, 6) is -0.762. The molecule has 0 aliphatic carbocycles. The lowest BCUT2D eigenvalue weighted by Gasteiger charge is -2.08. The minimum atomic E-state index is -0.431. The Kier molecular flexibility index (Phi) is 3.97. The minimum Gasteiger partial charge on any atom is -0.322 e. The molecule has 3 aromatic carbocycles. The van der Waals surface area contributed by atoms with Crippen LogP contribution in [0.25, 0.3) is 11.1 Å². The molecule has 0 saturated heterocycles. The van der Waals surface area contributed by atoms with Crippen LogP contribution >= 0.6 is 0 Å². The molecule has 0 fully saturated rings. The van der Waals surface area contributed by atoms with E-state index in [4.69, 9.17) is 0 Å². The first kappa shape index (κ1) is 14.0. The van der Waals surface area contributed by atoms with E-state index in [1.54, 1.807) is 18.2 Å². The minimum absolute atomic E-state index is 0.294. The quantitative estimate of drug-likeness (QED) is 0.741. The largest absolute Gasteiger partial charge is 0.322 e. The van der Waals surface area contributed by atoms with Gasteiger partial charge in [0, 0.05) is 11.3 Å². The molecule has 0 saturated carbocycles. The molecule has 0 bridgehead atoms. The molecule has 3 rings (SSSR count). The Morgan fingerprint density at radius 3 is 2.09 bits per heavy atom. The second kappa shape index (κ2) is 6.22. The van der Waals surface area contributed by atoms with E-state index in [0.29, 0.717) is 16.8 Å². The summed E-state index contributed by atoms with van der Waals surface area (Å²) in [6.45, 7) is 0. The second-order valence-corrected chi connectivity index (χ2v) is 4.91. The highest BCUT2D eigenvalue weighted by Crippen LogP contribution is 2.22.